The van der Waals surface area contributed by atoms with Crippen LogP contribution >= 0.6 is 0 Å². The predicted molar refractivity (Wildman–Crippen MR) is 113 cm³/mol. The van der Waals surface area contributed by atoms with E-state index in [4.69, 9.17) is 30.3 Å². The minimum Gasteiger partial charge on any atom is -0.322 e. The maximum Gasteiger partial charge on any atom is 0.190 e. The Balaban J connectivity index is 1.64. The molecule has 6 atom stereocenters. The van der Waals surface area contributed by atoms with E-state index in [-0.39, 0.29) is 0 Å². The fraction of sp³-hybridized carbons (Fsp3) is 0.609. The normalized spacial score (nSPS) is 50.1. The van der Waals surface area contributed by atoms with Gasteiger partial charge in [-0.3, -0.25) is 0 Å². The van der Waals surface area contributed by atoms with Crippen LogP contribution in [-0.2, 0) is 4.74 Å². The smallest absolute Gasteiger partial charge is 0.190 e. The van der Waals surface area contributed by atoms with Gasteiger partial charge >= 0.3 is 0 Å². The van der Waals surface area contributed by atoms with E-state index >= 15 is 0 Å². The Hall–Kier alpha value is -2.41. The van der Waals surface area contributed by atoms with Crippen LogP contribution in [0, 0.1) is 10.8 Å². The third-order valence-corrected chi connectivity index (χ3v) is 8.93. The van der Waals surface area contributed by atoms with Gasteiger partial charge in [0.15, 0.2) is 22.8 Å². The van der Waals surface area contributed by atoms with E-state index in [0.29, 0.717) is 0 Å². The van der Waals surface area contributed by atoms with Crippen LogP contribution in [-0.4, -0.2) is 34.0 Å². The largest absolute Gasteiger partial charge is 0.322 e. The first kappa shape index (κ1) is 18.4. The van der Waals surface area contributed by atoms with E-state index in [1.54, 1.807) is 0 Å². The highest BCUT2D eigenvalue weighted by molar-refractivity contribution is 5.79. The van der Waals surface area contributed by atoms with Crippen LogP contribution in [0.5, 0.6) is 0 Å². The lowest BCUT2D eigenvalue weighted by Crippen LogP contribution is -2.60. The first-order chi connectivity index (χ1) is 14.1. The van der Waals surface area contributed by atoms with Crippen LogP contribution in [0.3, 0.4) is 0 Å². The number of ether oxygens (including phenoxy) is 1. The number of azo groups is 2. The molecule has 2 spiro atoms. The van der Waals surface area contributed by atoms with Crippen LogP contribution in [0.25, 0.3) is 0 Å². The van der Waals surface area contributed by atoms with E-state index in [0.717, 1.165) is 18.4 Å². The molecule has 6 rings (SSSR count). The molecular weight excluding hydrogens is 376 g/mol. The number of hydrogen-bond donors (Lipinski definition) is 0. The molecule has 1 aromatic rings. The van der Waals surface area contributed by atoms with Crippen molar-refractivity contribution in [1.29, 1.82) is 0 Å². The maximum absolute atomic E-state index is 6.73. The average Bonchev–Trinajstić information content (AvgIpc) is 3.18. The summed E-state index contributed by atoms with van der Waals surface area (Å²) < 4.78 is 6.73. The van der Waals surface area contributed by atoms with Gasteiger partial charge in [-0.1, -0.05) is 41.5 Å². The summed E-state index contributed by atoms with van der Waals surface area (Å²) in [5.74, 6) is 0. The molecule has 0 radical (unpaired) electrons. The molecule has 4 heterocycles. The number of benzene rings is 1. The zero-order valence-corrected chi connectivity index (χ0v) is 18.5. The fourth-order valence-corrected chi connectivity index (χ4v) is 7.63. The third-order valence-electron chi connectivity index (χ3n) is 8.93. The zero-order valence-electron chi connectivity index (χ0n) is 18.5. The number of rotatable bonds is 2. The van der Waals surface area contributed by atoms with Crippen LogP contribution in [0.2, 0.25) is 0 Å². The summed E-state index contributed by atoms with van der Waals surface area (Å²) in [6.07, 6.45) is 3.61. The second-order valence-electron chi connectivity index (χ2n) is 10.2. The molecule has 2 unspecified atom stereocenters. The molecule has 0 N–H and O–H groups in total. The molecule has 156 valence electrons. The van der Waals surface area contributed by atoms with Gasteiger partial charge in [0, 0.05) is 0 Å². The Morgan fingerprint density at radius 3 is 1.83 bits per heavy atom. The lowest BCUT2D eigenvalue weighted by Gasteiger charge is -2.51. The Morgan fingerprint density at radius 1 is 0.833 bits per heavy atom. The van der Waals surface area contributed by atoms with Gasteiger partial charge in [-0.2, -0.15) is 25.6 Å². The van der Waals surface area contributed by atoms with Gasteiger partial charge in [-0.15, -0.1) is 0 Å². The molecule has 2 saturated heterocycles. The fourth-order valence-electron chi connectivity index (χ4n) is 7.63. The molecule has 5 aliphatic rings. The molecule has 7 heteroatoms. The molecule has 4 aliphatic heterocycles. The standard InChI is InChI=1S/C23H28N6O/c1-15-12-22-18(3)25-27-20(22,5)30-21(6)23(22,13-16(15)2)19(4,26-28-21)29(18)24-14-17-10-8-7-9-11-17/h7-11,14H,12-13H2,1-6H3/b24-14-/t18-,19+,20+,21-,22?,23?. The molecule has 0 saturated carbocycles. The van der Waals surface area contributed by atoms with Crippen LogP contribution in [0.4, 0.5) is 0 Å². The highest BCUT2D eigenvalue weighted by atomic mass is 16.6. The van der Waals surface area contributed by atoms with Crippen molar-refractivity contribution in [2.75, 3.05) is 0 Å². The summed E-state index contributed by atoms with van der Waals surface area (Å²) in [6, 6.07) is 10.1. The van der Waals surface area contributed by atoms with Gasteiger partial charge in [-0.05, 0) is 59.9 Å². The van der Waals surface area contributed by atoms with Crippen molar-refractivity contribution in [2.24, 2.45) is 36.4 Å². The predicted octanol–water partition coefficient (Wildman–Crippen LogP) is 5.27. The van der Waals surface area contributed by atoms with Crippen molar-refractivity contribution in [3.05, 3.63) is 47.0 Å². The lowest BCUT2D eigenvalue weighted by molar-refractivity contribution is -0.127. The third kappa shape index (κ3) is 1.50. The van der Waals surface area contributed by atoms with Gasteiger partial charge in [0.1, 0.15) is 0 Å². The summed E-state index contributed by atoms with van der Waals surface area (Å²) >= 11 is 0. The second-order valence-corrected chi connectivity index (χ2v) is 10.2. The van der Waals surface area contributed by atoms with E-state index in [2.05, 4.69) is 46.6 Å². The topological polar surface area (TPSA) is 74.3 Å². The van der Waals surface area contributed by atoms with Crippen LogP contribution in [0.1, 0.15) is 59.9 Å². The van der Waals surface area contributed by atoms with E-state index in [9.17, 15) is 0 Å². The Kier molecular flexibility index (Phi) is 3.00. The van der Waals surface area contributed by atoms with Gasteiger partial charge in [-0.25, -0.2) is 5.01 Å². The molecule has 7 nitrogen and oxygen atoms in total. The number of allylic oxidation sites excluding steroid dienone is 2. The average molecular weight is 405 g/mol. The van der Waals surface area contributed by atoms with Crippen molar-refractivity contribution in [3.8, 4) is 0 Å². The molecule has 1 aromatic carbocycles. The highest BCUT2D eigenvalue weighted by Gasteiger charge is 2.97. The maximum atomic E-state index is 6.73. The quantitative estimate of drug-likeness (QED) is 0.498. The van der Waals surface area contributed by atoms with E-state index in [1.165, 1.54) is 11.1 Å². The first-order valence-electron chi connectivity index (χ1n) is 10.7. The number of hydrogen-bond acceptors (Lipinski definition) is 7. The zero-order chi connectivity index (χ0) is 21.2. The minimum absolute atomic E-state index is 0.405. The molecule has 0 aromatic heterocycles. The Morgan fingerprint density at radius 2 is 1.33 bits per heavy atom. The van der Waals surface area contributed by atoms with E-state index < -0.39 is 33.6 Å². The molecular formula is C23H28N6O. The minimum atomic E-state index is -0.768. The first-order valence-corrected chi connectivity index (χ1v) is 10.7. The highest BCUT2D eigenvalue weighted by Crippen LogP contribution is 2.86. The molecule has 0 bridgehead atoms. The summed E-state index contributed by atoms with van der Waals surface area (Å²) in [4.78, 5) is 0. The summed E-state index contributed by atoms with van der Waals surface area (Å²) in [7, 11) is 0. The van der Waals surface area contributed by atoms with Gasteiger partial charge in [0.05, 0.1) is 17.0 Å². The van der Waals surface area contributed by atoms with Crippen LogP contribution in [0.15, 0.2) is 67.0 Å². The monoisotopic (exact) mass is 404 g/mol. The van der Waals surface area contributed by atoms with Crippen molar-refractivity contribution in [3.63, 3.8) is 0 Å². The summed E-state index contributed by atoms with van der Waals surface area (Å²) in [6.45, 7) is 13.0. The Labute approximate surface area is 177 Å². The lowest BCUT2D eigenvalue weighted by atomic mass is 9.46. The van der Waals surface area contributed by atoms with Crippen LogP contribution < -0.4 is 0 Å². The summed E-state index contributed by atoms with van der Waals surface area (Å²) in [5, 5.41) is 26.5. The summed E-state index contributed by atoms with van der Waals surface area (Å²) in [5.41, 5.74) is 0.114. The number of hydrazone groups is 1. The van der Waals surface area contributed by atoms with Crippen molar-refractivity contribution < 1.29 is 4.74 Å². The molecule has 0 amide bonds. The van der Waals surface area contributed by atoms with E-state index in [1.807, 2.05) is 36.5 Å². The Bertz CT molecular complexity index is 1040. The van der Waals surface area contributed by atoms with Crippen molar-refractivity contribution in [1.82, 2.24) is 5.01 Å². The van der Waals surface area contributed by atoms with Crippen molar-refractivity contribution >= 4 is 6.21 Å². The molecule has 30 heavy (non-hydrogen) atoms. The number of nitrogens with zero attached hydrogens (tertiary/aromatic N) is 6. The molecule has 2 fully saturated rings. The SMILES string of the molecule is CC1=C(C)CC23C4(C1)[C@@]1(C)N=N[C@]4(C)O[C@]2(C)N=N[C@]3(C)N1/N=C\c1ccccc1. The molecule has 1 aliphatic carbocycles. The second kappa shape index (κ2) is 4.90. The van der Waals surface area contributed by atoms with Gasteiger partial charge < -0.3 is 4.74 Å². The van der Waals surface area contributed by atoms with Gasteiger partial charge in [0.2, 0.25) is 0 Å². The van der Waals surface area contributed by atoms with Gasteiger partial charge in [0.25, 0.3) is 0 Å². The van der Waals surface area contributed by atoms with Crippen molar-refractivity contribution in [2.45, 2.75) is 77.2 Å².